The van der Waals surface area contributed by atoms with Gasteiger partial charge < -0.3 is 5.73 Å². The molecule has 0 aliphatic carbocycles. The Kier molecular flexibility index (Phi) is 2.97. The molecule has 2 heterocycles. The SMILES string of the molecule is Cc1nnc2sc(CCC(C)CN)nn12. The predicted molar refractivity (Wildman–Crippen MR) is 59.9 cm³/mol. The maximum absolute atomic E-state index is 5.57. The number of fused-ring (bicyclic) bond motifs is 1. The fraction of sp³-hybridized carbons (Fsp3) is 0.667. The summed E-state index contributed by atoms with van der Waals surface area (Å²) in [7, 11) is 0. The van der Waals surface area contributed by atoms with E-state index in [0.717, 1.165) is 35.2 Å². The molecule has 0 radical (unpaired) electrons. The van der Waals surface area contributed by atoms with Crippen LogP contribution in [0.2, 0.25) is 0 Å². The normalized spacial score (nSPS) is 13.5. The average Bonchev–Trinajstić information content (AvgIpc) is 2.78. The molecule has 2 aromatic heterocycles. The lowest BCUT2D eigenvalue weighted by molar-refractivity contribution is 0.541. The Labute approximate surface area is 92.3 Å². The van der Waals surface area contributed by atoms with Gasteiger partial charge >= 0.3 is 0 Å². The van der Waals surface area contributed by atoms with Crippen molar-refractivity contribution in [1.29, 1.82) is 0 Å². The molecule has 0 aliphatic heterocycles. The van der Waals surface area contributed by atoms with Gasteiger partial charge in [0.1, 0.15) is 5.01 Å². The van der Waals surface area contributed by atoms with E-state index in [0.29, 0.717) is 5.92 Å². The van der Waals surface area contributed by atoms with Crippen molar-refractivity contribution < 1.29 is 0 Å². The summed E-state index contributed by atoms with van der Waals surface area (Å²) in [5.41, 5.74) is 5.57. The lowest BCUT2D eigenvalue weighted by Crippen LogP contribution is -2.11. The van der Waals surface area contributed by atoms with Crippen molar-refractivity contribution in [3.63, 3.8) is 0 Å². The maximum Gasteiger partial charge on any atom is 0.234 e. The molecule has 2 rings (SSSR count). The van der Waals surface area contributed by atoms with E-state index in [9.17, 15) is 0 Å². The fourth-order valence-electron chi connectivity index (χ4n) is 1.34. The highest BCUT2D eigenvalue weighted by Gasteiger charge is 2.09. The fourth-order valence-corrected chi connectivity index (χ4v) is 2.24. The summed E-state index contributed by atoms with van der Waals surface area (Å²) in [5, 5.41) is 13.5. The molecule has 2 N–H and O–H groups in total. The Morgan fingerprint density at radius 3 is 2.93 bits per heavy atom. The number of hydrogen-bond donors (Lipinski definition) is 1. The second kappa shape index (κ2) is 4.24. The minimum Gasteiger partial charge on any atom is -0.330 e. The molecule has 0 fully saturated rings. The van der Waals surface area contributed by atoms with E-state index in [2.05, 4.69) is 22.2 Å². The highest BCUT2D eigenvalue weighted by atomic mass is 32.1. The van der Waals surface area contributed by atoms with Crippen molar-refractivity contribution in [1.82, 2.24) is 19.8 Å². The standard InChI is InChI=1S/C9H15N5S/c1-6(5-10)3-4-8-13-14-7(2)11-12-9(14)15-8/h6H,3-5,10H2,1-2H3. The molecule has 0 amide bonds. The topological polar surface area (TPSA) is 69.1 Å². The second-order valence-corrected chi connectivity index (χ2v) is 4.86. The molecule has 5 nitrogen and oxygen atoms in total. The van der Waals surface area contributed by atoms with E-state index in [1.807, 2.05) is 6.92 Å². The number of rotatable bonds is 4. The molecule has 6 heteroatoms. The summed E-state index contributed by atoms with van der Waals surface area (Å²) in [4.78, 5) is 0.878. The van der Waals surface area contributed by atoms with E-state index in [1.54, 1.807) is 15.9 Å². The van der Waals surface area contributed by atoms with Crippen molar-refractivity contribution in [2.45, 2.75) is 26.7 Å². The van der Waals surface area contributed by atoms with E-state index < -0.39 is 0 Å². The van der Waals surface area contributed by atoms with Crippen LogP contribution < -0.4 is 5.73 Å². The van der Waals surface area contributed by atoms with Gasteiger partial charge in [0.05, 0.1) is 0 Å². The molecule has 15 heavy (non-hydrogen) atoms. The van der Waals surface area contributed by atoms with Crippen LogP contribution in [0.15, 0.2) is 0 Å². The van der Waals surface area contributed by atoms with E-state index in [-0.39, 0.29) is 0 Å². The molecule has 0 aliphatic rings. The van der Waals surface area contributed by atoms with Gasteiger partial charge in [-0.15, -0.1) is 10.2 Å². The summed E-state index contributed by atoms with van der Waals surface area (Å²) in [6, 6.07) is 0. The van der Waals surface area contributed by atoms with Crippen LogP contribution in [0.3, 0.4) is 0 Å². The summed E-state index contributed by atoms with van der Waals surface area (Å²) >= 11 is 1.61. The Morgan fingerprint density at radius 2 is 2.27 bits per heavy atom. The van der Waals surface area contributed by atoms with Gasteiger partial charge in [-0.05, 0) is 25.8 Å². The Hall–Kier alpha value is -1.01. The summed E-state index contributed by atoms with van der Waals surface area (Å²) < 4.78 is 1.80. The average molecular weight is 225 g/mol. The summed E-state index contributed by atoms with van der Waals surface area (Å²) in [6.07, 6.45) is 2.06. The quantitative estimate of drug-likeness (QED) is 0.843. The molecular formula is C9H15N5S. The van der Waals surface area contributed by atoms with Gasteiger partial charge in [-0.3, -0.25) is 0 Å². The van der Waals surface area contributed by atoms with Crippen LogP contribution in [0, 0.1) is 12.8 Å². The molecule has 82 valence electrons. The van der Waals surface area contributed by atoms with E-state index in [1.165, 1.54) is 0 Å². The monoisotopic (exact) mass is 225 g/mol. The van der Waals surface area contributed by atoms with Crippen molar-refractivity contribution in [2.75, 3.05) is 6.54 Å². The van der Waals surface area contributed by atoms with Crippen LogP contribution in [0.25, 0.3) is 4.96 Å². The smallest absolute Gasteiger partial charge is 0.234 e. The van der Waals surface area contributed by atoms with Gasteiger partial charge in [-0.1, -0.05) is 18.3 Å². The lowest BCUT2D eigenvalue weighted by Gasteiger charge is -2.04. The zero-order chi connectivity index (χ0) is 10.8. The molecule has 0 aromatic carbocycles. The Balaban J connectivity index is 2.09. The van der Waals surface area contributed by atoms with Gasteiger partial charge in [-0.2, -0.15) is 9.61 Å². The first-order chi connectivity index (χ1) is 7.20. The Bertz CT molecular complexity index is 446. The minimum absolute atomic E-state index is 0.556. The molecular weight excluding hydrogens is 210 g/mol. The highest BCUT2D eigenvalue weighted by molar-refractivity contribution is 7.16. The maximum atomic E-state index is 5.57. The first kappa shape index (κ1) is 10.5. The molecule has 0 spiro atoms. The van der Waals surface area contributed by atoms with Crippen LogP contribution in [-0.2, 0) is 6.42 Å². The zero-order valence-electron chi connectivity index (χ0n) is 8.97. The Morgan fingerprint density at radius 1 is 1.47 bits per heavy atom. The third kappa shape index (κ3) is 2.15. The van der Waals surface area contributed by atoms with Crippen LogP contribution in [-0.4, -0.2) is 26.4 Å². The van der Waals surface area contributed by atoms with Crippen LogP contribution >= 0.6 is 11.3 Å². The third-order valence-electron chi connectivity index (χ3n) is 2.44. The van der Waals surface area contributed by atoms with Crippen LogP contribution in [0.4, 0.5) is 0 Å². The van der Waals surface area contributed by atoms with Crippen molar-refractivity contribution >= 4 is 16.3 Å². The molecule has 0 saturated carbocycles. The van der Waals surface area contributed by atoms with Crippen molar-refractivity contribution in [2.24, 2.45) is 11.7 Å². The number of aromatic nitrogens is 4. The summed E-state index contributed by atoms with van der Waals surface area (Å²) in [5.74, 6) is 1.40. The number of hydrogen-bond acceptors (Lipinski definition) is 5. The molecule has 1 atom stereocenters. The summed E-state index contributed by atoms with van der Waals surface area (Å²) in [6.45, 7) is 4.81. The van der Waals surface area contributed by atoms with Crippen molar-refractivity contribution in [3.8, 4) is 0 Å². The van der Waals surface area contributed by atoms with Gasteiger partial charge in [-0.25, -0.2) is 0 Å². The van der Waals surface area contributed by atoms with Gasteiger partial charge in [0, 0.05) is 6.42 Å². The molecule has 0 bridgehead atoms. The van der Waals surface area contributed by atoms with Gasteiger partial charge in [0.25, 0.3) is 0 Å². The number of nitrogens with zero attached hydrogens (tertiary/aromatic N) is 4. The largest absolute Gasteiger partial charge is 0.330 e. The lowest BCUT2D eigenvalue weighted by atomic mass is 10.1. The molecule has 1 unspecified atom stereocenters. The molecule has 0 saturated heterocycles. The van der Waals surface area contributed by atoms with E-state index >= 15 is 0 Å². The first-order valence-electron chi connectivity index (χ1n) is 5.08. The van der Waals surface area contributed by atoms with Crippen molar-refractivity contribution in [3.05, 3.63) is 10.8 Å². The third-order valence-corrected chi connectivity index (χ3v) is 3.40. The number of nitrogens with two attached hydrogens (primary N) is 1. The second-order valence-electron chi connectivity index (χ2n) is 3.82. The van der Waals surface area contributed by atoms with Crippen LogP contribution in [0.1, 0.15) is 24.2 Å². The van der Waals surface area contributed by atoms with Gasteiger partial charge in [0.15, 0.2) is 5.82 Å². The minimum atomic E-state index is 0.556. The number of aryl methyl sites for hydroxylation is 2. The van der Waals surface area contributed by atoms with Gasteiger partial charge in [0.2, 0.25) is 4.96 Å². The van der Waals surface area contributed by atoms with Crippen LogP contribution in [0.5, 0.6) is 0 Å². The first-order valence-corrected chi connectivity index (χ1v) is 5.90. The molecule has 2 aromatic rings. The predicted octanol–water partition coefficient (Wildman–Crippen LogP) is 1.02. The highest BCUT2D eigenvalue weighted by Crippen LogP contribution is 2.16. The zero-order valence-corrected chi connectivity index (χ0v) is 9.79. The van der Waals surface area contributed by atoms with E-state index in [4.69, 9.17) is 5.73 Å².